The number of nitrogens with one attached hydrogen (secondary N) is 1. The van der Waals surface area contributed by atoms with Crippen LogP contribution in [0.2, 0.25) is 0 Å². The number of pyridine rings is 1. The first-order valence-corrected chi connectivity index (χ1v) is 10.4. The highest BCUT2D eigenvalue weighted by molar-refractivity contribution is 7.80. The number of rotatable bonds is 7. The minimum Gasteiger partial charge on any atom is -0.383 e. The SMILES string of the molecule is COCCn1cccc1[C@H]1[C@H](c2ccccn2)NC(=S)N1c1ccc(N(C)C)cc1. The topological polar surface area (TPSA) is 45.6 Å². The van der Waals surface area contributed by atoms with Gasteiger partial charge in [-0.25, -0.2) is 0 Å². The molecule has 1 N–H and O–H groups in total. The first kappa shape index (κ1) is 20.4. The van der Waals surface area contributed by atoms with Crippen molar-refractivity contribution < 1.29 is 4.74 Å². The molecule has 1 saturated heterocycles. The molecule has 1 aliphatic heterocycles. The van der Waals surface area contributed by atoms with Crippen molar-refractivity contribution in [2.24, 2.45) is 0 Å². The Hall–Kier alpha value is -2.90. The lowest BCUT2D eigenvalue weighted by Crippen LogP contribution is -2.30. The molecular formula is C23H27N5OS. The third-order valence-corrected chi connectivity index (χ3v) is 5.76. The second kappa shape index (κ2) is 8.85. The Kier molecular flexibility index (Phi) is 6.01. The summed E-state index contributed by atoms with van der Waals surface area (Å²) in [5.74, 6) is 0. The van der Waals surface area contributed by atoms with E-state index in [1.807, 2.05) is 38.5 Å². The molecule has 156 valence electrons. The van der Waals surface area contributed by atoms with Gasteiger partial charge in [-0.05, 0) is 60.7 Å². The summed E-state index contributed by atoms with van der Waals surface area (Å²) in [6.45, 7) is 1.43. The molecule has 30 heavy (non-hydrogen) atoms. The van der Waals surface area contributed by atoms with Gasteiger partial charge in [0, 0.05) is 57.2 Å². The summed E-state index contributed by atoms with van der Waals surface area (Å²) in [4.78, 5) is 8.92. The number of aromatic nitrogens is 2. The Labute approximate surface area is 183 Å². The zero-order valence-electron chi connectivity index (χ0n) is 17.5. The van der Waals surface area contributed by atoms with Gasteiger partial charge in [-0.2, -0.15) is 0 Å². The van der Waals surface area contributed by atoms with E-state index in [2.05, 4.69) is 67.3 Å². The first-order chi connectivity index (χ1) is 14.6. The molecule has 0 spiro atoms. The van der Waals surface area contributed by atoms with Crippen LogP contribution in [0.15, 0.2) is 67.0 Å². The lowest BCUT2D eigenvalue weighted by atomic mass is 10.0. The molecule has 1 aromatic carbocycles. The second-order valence-corrected chi connectivity index (χ2v) is 7.91. The fourth-order valence-corrected chi connectivity index (χ4v) is 4.28. The Morgan fingerprint density at radius 2 is 1.90 bits per heavy atom. The van der Waals surface area contributed by atoms with Crippen molar-refractivity contribution in [3.05, 3.63) is 78.4 Å². The van der Waals surface area contributed by atoms with Gasteiger partial charge >= 0.3 is 0 Å². The van der Waals surface area contributed by atoms with Crippen LogP contribution in [0.25, 0.3) is 0 Å². The second-order valence-electron chi connectivity index (χ2n) is 7.53. The monoisotopic (exact) mass is 421 g/mol. The van der Waals surface area contributed by atoms with Gasteiger partial charge in [-0.3, -0.25) is 4.98 Å². The van der Waals surface area contributed by atoms with E-state index in [-0.39, 0.29) is 12.1 Å². The summed E-state index contributed by atoms with van der Waals surface area (Å²) in [7, 11) is 5.81. The zero-order chi connectivity index (χ0) is 21.1. The molecule has 6 nitrogen and oxygen atoms in total. The van der Waals surface area contributed by atoms with E-state index in [0.717, 1.165) is 23.6 Å². The van der Waals surface area contributed by atoms with Crippen molar-refractivity contribution in [2.45, 2.75) is 18.6 Å². The smallest absolute Gasteiger partial charge is 0.174 e. The van der Waals surface area contributed by atoms with Crippen LogP contribution >= 0.6 is 12.2 Å². The van der Waals surface area contributed by atoms with Crippen molar-refractivity contribution in [2.75, 3.05) is 37.6 Å². The standard InChI is InChI=1S/C23H27N5OS/c1-26(2)17-9-11-18(12-10-17)28-22(20-8-6-14-27(20)15-16-29-3)21(25-23(28)30)19-7-4-5-13-24-19/h4-14,21-22H,15-16H2,1-3H3,(H,25,30)/t21-,22-/m0/s1. The Bertz CT molecular complexity index is 986. The molecule has 0 unspecified atom stereocenters. The molecule has 2 atom stereocenters. The van der Waals surface area contributed by atoms with Gasteiger partial charge in [-0.15, -0.1) is 0 Å². The first-order valence-electron chi connectivity index (χ1n) is 10.0. The van der Waals surface area contributed by atoms with E-state index in [4.69, 9.17) is 17.0 Å². The van der Waals surface area contributed by atoms with Gasteiger partial charge in [0.1, 0.15) is 6.04 Å². The molecule has 0 saturated carbocycles. The maximum absolute atomic E-state index is 5.81. The van der Waals surface area contributed by atoms with E-state index in [9.17, 15) is 0 Å². The predicted molar refractivity (Wildman–Crippen MR) is 125 cm³/mol. The van der Waals surface area contributed by atoms with E-state index in [1.54, 1.807) is 7.11 Å². The zero-order valence-corrected chi connectivity index (χ0v) is 18.3. The molecule has 1 fully saturated rings. The van der Waals surface area contributed by atoms with Crippen LogP contribution in [-0.2, 0) is 11.3 Å². The summed E-state index contributed by atoms with van der Waals surface area (Å²) in [5.41, 5.74) is 4.35. The lowest BCUT2D eigenvalue weighted by molar-refractivity contribution is 0.186. The molecule has 0 bridgehead atoms. The third-order valence-electron chi connectivity index (χ3n) is 5.45. The molecule has 0 amide bonds. The van der Waals surface area contributed by atoms with Crippen molar-refractivity contribution in [1.82, 2.24) is 14.9 Å². The summed E-state index contributed by atoms with van der Waals surface area (Å²) >= 11 is 5.81. The molecule has 1 aliphatic rings. The number of nitrogens with zero attached hydrogens (tertiary/aromatic N) is 4. The Balaban J connectivity index is 1.78. The number of ether oxygens (including phenoxy) is 1. The summed E-state index contributed by atoms with van der Waals surface area (Å²) in [6, 6.07) is 18.6. The maximum Gasteiger partial charge on any atom is 0.174 e. The maximum atomic E-state index is 5.81. The van der Waals surface area contributed by atoms with Crippen LogP contribution in [0.4, 0.5) is 11.4 Å². The minimum atomic E-state index is -0.0524. The van der Waals surface area contributed by atoms with E-state index in [0.29, 0.717) is 11.7 Å². The van der Waals surface area contributed by atoms with E-state index in [1.165, 1.54) is 5.69 Å². The van der Waals surface area contributed by atoms with E-state index >= 15 is 0 Å². The molecule has 2 aromatic heterocycles. The largest absolute Gasteiger partial charge is 0.383 e. The number of methoxy groups -OCH3 is 1. The number of thiocarbonyl (C=S) groups is 1. The summed E-state index contributed by atoms with van der Waals surface area (Å²) < 4.78 is 7.56. The van der Waals surface area contributed by atoms with E-state index < -0.39 is 0 Å². The van der Waals surface area contributed by atoms with Crippen molar-refractivity contribution in [1.29, 1.82) is 0 Å². The highest BCUT2D eigenvalue weighted by Crippen LogP contribution is 2.41. The molecule has 0 aliphatic carbocycles. The van der Waals surface area contributed by atoms with Crippen LogP contribution in [0.1, 0.15) is 23.5 Å². The van der Waals surface area contributed by atoms with Crippen molar-refractivity contribution in [3.8, 4) is 0 Å². The van der Waals surface area contributed by atoms with Crippen LogP contribution < -0.4 is 15.1 Å². The quantitative estimate of drug-likeness (QED) is 0.586. The van der Waals surface area contributed by atoms with Crippen LogP contribution in [-0.4, -0.2) is 42.5 Å². The number of benzene rings is 1. The van der Waals surface area contributed by atoms with Crippen molar-refractivity contribution in [3.63, 3.8) is 0 Å². The molecular weight excluding hydrogens is 394 g/mol. The average Bonchev–Trinajstić information content (AvgIpc) is 3.36. The fourth-order valence-electron chi connectivity index (χ4n) is 3.93. The predicted octanol–water partition coefficient (Wildman–Crippen LogP) is 3.77. The summed E-state index contributed by atoms with van der Waals surface area (Å²) in [5, 5.41) is 4.22. The fraction of sp³-hybridized carbons (Fsp3) is 0.304. The minimum absolute atomic E-state index is 0.0236. The molecule has 3 aromatic rings. The van der Waals surface area contributed by atoms with Gasteiger partial charge in [-0.1, -0.05) is 6.07 Å². The Morgan fingerprint density at radius 3 is 2.57 bits per heavy atom. The number of hydrogen-bond acceptors (Lipinski definition) is 4. The highest BCUT2D eigenvalue weighted by atomic mass is 32.1. The highest BCUT2D eigenvalue weighted by Gasteiger charge is 2.41. The number of hydrogen-bond donors (Lipinski definition) is 1. The van der Waals surface area contributed by atoms with Gasteiger partial charge in [0.2, 0.25) is 0 Å². The average molecular weight is 422 g/mol. The summed E-state index contributed by atoms with van der Waals surface area (Å²) in [6.07, 6.45) is 3.92. The molecule has 7 heteroatoms. The van der Waals surface area contributed by atoms with Crippen LogP contribution in [0, 0.1) is 0 Å². The van der Waals surface area contributed by atoms with Crippen LogP contribution in [0.3, 0.4) is 0 Å². The van der Waals surface area contributed by atoms with Gasteiger partial charge < -0.3 is 24.4 Å². The molecule has 3 heterocycles. The third kappa shape index (κ3) is 3.91. The molecule has 0 radical (unpaired) electrons. The molecule has 4 rings (SSSR count). The van der Waals surface area contributed by atoms with Gasteiger partial charge in [0.15, 0.2) is 5.11 Å². The number of anilines is 2. The lowest BCUT2D eigenvalue weighted by Gasteiger charge is -2.29. The van der Waals surface area contributed by atoms with Crippen molar-refractivity contribution >= 4 is 28.7 Å². The van der Waals surface area contributed by atoms with Gasteiger partial charge in [0.25, 0.3) is 0 Å². The van der Waals surface area contributed by atoms with Crippen LogP contribution in [0.5, 0.6) is 0 Å². The normalized spacial score (nSPS) is 18.5. The van der Waals surface area contributed by atoms with Gasteiger partial charge in [0.05, 0.1) is 18.3 Å². The Morgan fingerprint density at radius 1 is 1.10 bits per heavy atom.